The highest BCUT2D eigenvalue weighted by Crippen LogP contribution is 2.29. The van der Waals surface area contributed by atoms with Crippen LogP contribution in [0.5, 0.6) is 0 Å². The molecule has 0 radical (unpaired) electrons. The highest BCUT2D eigenvalue weighted by atomic mass is 15.2. The fourth-order valence-corrected chi connectivity index (χ4v) is 3.04. The van der Waals surface area contributed by atoms with Crippen molar-refractivity contribution in [3.63, 3.8) is 0 Å². The average molecular weight is 359 g/mol. The number of hydrogen-bond donors (Lipinski definition) is 1. The van der Waals surface area contributed by atoms with Crippen molar-refractivity contribution in [2.45, 2.75) is 34.6 Å². The maximum atomic E-state index is 4.87. The van der Waals surface area contributed by atoms with Crippen LogP contribution in [-0.4, -0.2) is 32.9 Å². The van der Waals surface area contributed by atoms with E-state index in [1.165, 1.54) is 0 Å². The van der Waals surface area contributed by atoms with Gasteiger partial charge in [-0.1, -0.05) is 24.3 Å². The molecule has 0 aliphatic rings. The van der Waals surface area contributed by atoms with Crippen molar-refractivity contribution in [2.75, 3.05) is 6.54 Å². The number of aliphatic imine (C=N–C) groups is 1. The number of aromatic nitrogens is 4. The maximum absolute atomic E-state index is 4.87. The molecule has 27 heavy (non-hydrogen) atoms. The molecule has 1 aromatic carbocycles. The summed E-state index contributed by atoms with van der Waals surface area (Å²) in [6, 6.07) is 10.5. The summed E-state index contributed by atoms with van der Waals surface area (Å²) < 4.78 is 0. The van der Waals surface area contributed by atoms with Gasteiger partial charge in [-0.2, -0.15) is 5.10 Å². The largest absolute Gasteiger partial charge is 0.293 e. The lowest BCUT2D eigenvalue weighted by atomic mass is 9.98. The van der Waals surface area contributed by atoms with Crippen molar-refractivity contribution in [3.8, 4) is 22.6 Å². The number of pyridine rings is 1. The summed E-state index contributed by atoms with van der Waals surface area (Å²) in [5.41, 5.74) is 7.29. The van der Waals surface area contributed by atoms with Crippen LogP contribution in [0, 0.1) is 20.8 Å². The topological polar surface area (TPSA) is 66.8 Å². The van der Waals surface area contributed by atoms with Gasteiger partial charge in [0.2, 0.25) is 0 Å². The average Bonchev–Trinajstić information content (AvgIpc) is 3.10. The second-order valence-electron chi connectivity index (χ2n) is 6.48. The molecule has 2 aromatic heterocycles. The zero-order valence-corrected chi connectivity index (χ0v) is 16.5. The molecule has 0 fully saturated rings. The Bertz CT molecular complexity index is 1010. The summed E-state index contributed by atoms with van der Waals surface area (Å²) in [6.45, 7) is 10.8. The van der Waals surface area contributed by atoms with Gasteiger partial charge in [0, 0.05) is 29.6 Å². The molecular weight excluding hydrogens is 334 g/mol. The van der Waals surface area contributed by atoms with Crippen molar-refractivity contribution in [1.29, 1.82) is 0 Å². The molecule has 0 unspecified atom stereocenters. The van der Waals surface area contributed by atoms with Gasteiger partial charge in [0.15, 0.2) is 5.82 Å². The molecule has 1 N–H and O–H groups in total. The molecule has 3 aromatic rings. The summed E-state index contributed by atoms with van der Waals surface area (Å²) in [6.07, 6.45) is 4.01. The minimum absolute atomic E-state index is 0.688. The normalized spacial score (nSPS) is 12.1. The van der Waals surface area contributed by atoms with Crippen molar-refractivity contribution in [1.82, 2.24) is 20.2 Å². The molecular formula is C22H25N5. The van der Waals surface area contributed by atoms with Crippen molar-refractivity contribution < 1.29 is 0 Å². The van der Waals surface area contributed by atoms with Crippen LogP contribution in [-0.2, 0) is 0 Å². The van der Waals surface area contributed by atoms with Gasteiger partial charge in [-0.3, -0.25) is 15.1 Å². The summed E-state index contributed by atoms with van der Waals surface area (Å²) >= 11 is 0. The van der Waals surface area contributed by atoms with Crippen LogP contribution >= 0.6 is 0 Å². The van der Waals surface area contributed by atoms with Crippen LogP contribution in [0.25, 0.3) is 28.2 Å². The molecule has 0 saturated carbocycles. The number of H-pyrrole nitrogens is 1. The molecule has 0 aliphatic heterocycles. The third-order valence-corrected chi connectivity index (χ3v) is 4.44. The highest BCUT2D eigenvalue weighted by Gasteiger charge is 2.13. The van der Waals surface area contributed by atoms with E-state index in [9.17, 15) is 0 Å². The molecule has 0 aliphatic carbocycles. The van der Waals surface area contributed by atoms with E-state index in [-0.39, 0.29) is 0 Å². The van der Waals surface area contributed by atoms with E-state index in [1.54, 1.807) is 0 Å². The Labute approximate surface area is 160 Å². The third-order valence-electron chi connectivity index (χ3n) is 4.44. The van der Waals surface area contributed by atoms with Crippen LogP contribution in [0.2, 0.25) is 0 Å². The lowest BCUT2D eigenvalue weighted by Gasteiger charge is -2.11. The summed E-state index contributed by atoms with van der Waals surface area (Å²) in [7, 11) is 0. The van der Waals surface area contributed by atoms with Crippen molar-refractivity contribution in [2.24, 2.45) is 4.99 Å². The predicted molar refractivity (Wildman–Crippen MR) is 112 cm³/mol. The van der Waals surface area contributed by atoms with Crippen LogP contribution in [0.15, 0.2) is 41.4 Å². The van der Waals surface area contributed by atoms with Gasteiger partial charge >= 0.3 is 0 Å². The number of benzene rings is 1. The van der Waals surface area contributed by atoms with E-state index in [2.05, 4.69) is 63.5 Å². The zero-order valence-electron chi connectivity index (χ0n) is 16.5. The van der Waals surface area contributed by atoms with Gasteiger partial charge in [0.1, 0.15) is 5.82 Å². The van der Waals surface area contributed by atoms with Gasteiger partial charge in [0.25, 0.3) is 0 Å². The van der Waals surface area contributed by atoms with Crippen molar-refractivity contribution >= 4 is 11.8 Å². The molecule has 0 saturated heterocycles. The van der Waals surface area contributed by atoms with Gasteiger partial charge in [-0.05, 0) is 63.5 Å². The van der Waals surface area contributed by atoms with E-state index >= 15 is 0 Å². The summed E-state index contributed by atoms with van der Waals surface area (Å²) in [4.78, 5) is 13.7. The smallest absolute Gasteiger partial charge is 0.182 e. The molecule has 0 spiro atoms. The Morgan fingerprint density at radius 2 is 1.96 bits per heavy atom. The van der Waals surface area contributed by atoms with E-state index in [0.717, 1.165) is 51.6 Å². The minimum atomic E-state index is 0.688. The molecule has 138 valence electrons. The Balaban J connectivity index is 2.03. The second-order valence-corrected chi connectivity index (χ2v) is 6.48. The fourth-order valence-electron chi connectivity index (χ4n) is 3.04. The van der Waals surface area contributed by atoms with E-state index < -0.39 is 0 Å². The SMILES string of the molecule is C/C=C(\C=NCC)c1cccc(-c2nc(C)c(-c3n[nH]c(C)n3)cc2C)c1. The van der Waals surface area contributed by atoms with Gasteiger partial charge in [0.05, 0.1) is 5.69 Å². The van der Waals surface area contributed by atoms with Gasteiger partial charge in [-0.15, -0.1) is 0 Å². The summed E-state index contributed by atoms with van der Waals surface area (Å²) in [5, 5.41) is 7.16. The number of aromatic amines is 1. The highest BCUT2D eigenvalue weighted by molar-refractivity contribution is 6.10. The quantitative estimate of drug-likeness (QED) is 0.655. The Kier molecular flexibility index (Phi) is 5.60. The molecule has 5 nitrogen and oxygen atoms in total. The van der Waals surface area contributed by atoms with Crippen LogP contribution in [0.4, 0.5) is 0 Å². The van der Waals surface area contributed by atoms with Gasteiger partial charge < -0.3 is 0 Å². The van der Waals surface area contributed by atoms with E-state index in [0.29, 0.717) is 5.82 Å². The minimum Gasteiger partial charge on any atom is -0.293 e. The molecule has 2 heterocycles. The lowest BCUT2D eigenvalue weighted by molar-refractivity contribution is 1.04. The van der Waals surface area contributed by atoms with Gasteiger partial charge in [-0.25, -0.2) is 4.98 Å². The fraction of sp³-hybridized carbons (Fsp3) is 0.273. The first-order valence-corrected chi connectivity index (χ1v) is 9.18. The Hall–Kier alpha value is -3.08. The summed E-state index contributed by atoms with van der Waals surface area (Å²) in [5.74, 6) is 1.49. The maximum Gasteiger partial charge on any atom is 0.182 e. The molecule has 0 bridgehead atoms. The van der Waals surface area contributed by atoms with E-state index in [4.69, 9.17) is 4.98 Å². The van der Waals surface area contributed by atoms with Crippen LogP contribution in [0.3, 0.4) is 0 Å². The molecule has 0 atom stereocenters. The number of nitrogens with zero attached hydrogens (tertiary/aromatic N) is 4. The standard InChI is InChI=1S/C22H25N5/c1-6-17(13-23-7-2)18-9-8-10-19(12-18)21-14(3)11-20(15(4)24-21)22-25-16(5)26-27-22/h6,8-13H,7H2,1-5H3,(H,25,26,27)/b17-6+,23-13?. The molecule has 3 rings (SSSR count). The van der Waals surface area contributed by atoms with Crippen LogP contribution < -0.4 is 0 Å². The number of nitrogens with one attached hydrogen (secondary N) is 1. The number of hydrogen-bond acceptors (Lipinski definition) is 4. The first kappa shape index (κ1) is 18.7. The predicted octanol–water partition coefficient (Wildman–Crippen LogP) is 4.95. The monoisotopic (exact) mass is 359 g/mol. The third kappa shape index (κ3) is 4.03. The number of rotatable bonds is 5. The number of aryl methyl sites for hydroxylation is 3. The molecule has 5 heteroatoms. The van der Waals surface area contributed by atoms with E-state index in [1.807, 2.05) is 33.9 Å². The number of allylic oxidation sites excluding steroid dienone is 2. The first-order valence-electron chi connectivity index (χ1n) is 9.18. The first-order chi connectivity index (χ1) is 13.0. The molecule has 0 amide bonds. The van der Waals surface area contributed by atoms with Crippen molar-refractivity contribution in [3.05, 3.63) is 59.1 Å². The Morgan fingerprint density at radius 1 is 1.15 bits per heavy atom. The van der Waals surface area contributed by atoms with Crippen LogP contribution in [0.1, 0.15) is 36.5 Å². The Morgan fingerprint density at radius 3 is 2.63 bits per heavy atom. The zero-order chi connectivity index (χ0) is 19.4. The second kappa shape index (κ2) is 8.08. The lowest BCUT2D eigenvalue weighted by Crippen LogP contribution is -1.97.